The minimum absolute atomic E-state index is 0.648. The predicted molar refractivity (Wildman–Crippen MR) is 59.8 cm³/mol. The smallest absolute Gasteiger partial charge is 0.0726 e. The lowest BCUT2D eigenvalue weighted by Gasteiger charge is -2.29. The molecule has 4 heteroatoms. The van der Waals surface area contributed by atoms with Crippen molar-refractivity contribution in [3.8, 4) is 0 Å². The third kappa shape index (κ3) is 1.86. The van der Waals surface area contributed by atoms with Crippen molar-refractivity contribution in [1.29, 1.82) is 0 Å². The van der Waals surface area contributed by atoms with Crippen LogP contribution in [0.3, 0.4) is 0 Å². The van der Waals surface area contributed by atoms with E-state index in [9.17, 15) is 0 Å². The van der Waals surface area contributed by atoms with Crippen LogP contribution in [-0.2, 0) is 0 Å². The van der Waals surface area contributed by atoms with E-state index in [0.29, 0.717) is 6.04 Å². The summed E-state index contributed by atoms with van der Waals surface area (Å²) in [5, 5.41) is 10.4. The van der Waals surface area contributed by atoms with E-state index in [4.69, 9.17) is 0 Å². The molecule has 1 unspecified atom stereocenters. The van der Waals surface area contributed by atoms with Gasteiger partial charge in [0, 0.05) is 18.8 Å². The number of aromatic amines is 1. The summed E-state index contributed by atoms with van der Waals surface area (Å²) in [7, 11) is 0. The molecule has 4 nitrogen and oxygen atoms in total. The molecule has 4 heterocycles. The molecule has 1 aromatic rings. The second-order valence-electron chi connectivity index (χ2n) is 4.71. The van der Waals surface area contributed by atoms with Gasteiger partial charge in [-0.1, -0.05) is 0 Å². The average Bonchev–Trinajstić information content (AvgIpc) is 2.63. The topological polar surface area (TPSA) is 44.0 Å². The van der Waals surface area contributed by atoms with Crippen molar-refractivity contribution in [2.24, 2.45) is 5.92 Å². The van der Waals surface area contributed by atoms with Gasteiger partial charge in [-0.3, -0.25) is 5.10 Å². The van der Waals surface area contributed by atoms with Crippen LogP contribution in [0.2, 0.25) is 0 Å². The van der Waals surface area contributed by atoms with E-state index >= 15 is 0 Å². The maximum Gasteiger partial charge on any atom is 0.0726 e. The van der Waals surface area contributed by atoms with Crippen molar-refractivity contribution in [2.45, 2.75) is 25.3 Å². The quantitative estimate of drug-likeness (QED) is 0.766. The monoisotopic (exact) mass is 206 g/mol. The third-order valence-electron chi connectivity index (χ3n) is 3.81. The Morgan fingerprint density at radius 1 is 1.27 bits per heavy atom. The van der Waals surface area contributed by atoms with Gasteiger partial charge >= 0.3 is 0 Å². The molecular weight excluding hydrogens is 188 g/mol. The lowest BCUT2D eigenvalue weighted by molar-refractivity contribution is 0.222. The summed E-state index contributed by atoms with van der Waals surface area (Å²) in [4.78, 5) is 2.59. The van der Waals surface area contributed by atoms with Gasteiger partial charge in [0.05, 0.1) is 11.9 Å². The number of aromatic nitrogens is 2. The molecule has 0 amide bonds. The molecule has 15 heavy (non-hydrogen) atoms. The van der Waals surface area contributed by atoms with Gasteiger partial charge in [0.25, 0.3) is 0 Å². The maximum absolute atomic E-state index is 3.97. The molecule has 0 radical (unpaired) electrons. The van der Waals surface area contributed by atoms with E-state index in [2.05, 4.69) is 20.4 Å². The number of H-pyrrole nitrogens is 1. The summed E-state index contributed by atoms with van der Waals surface area (Å²) in [6.07, 6.45) is 7.80. The highest BCUT2D eigenvalue weighted by Gasteiger charge is 2.30. The van der Waals surface area contributed by atoms with E-state index in [0.717, 1.165) is 11.6 Å². The Hall–Kier alpha value is -1.03. The summed E-state index contributed by atoms with van der Waals surface area (Å²) in [5.41, 5.74) is 1.14. The van der Waals surface area contributed by atoms with E-state index in [1.165, 1.54) is 38.9 Å². The first kappa shape index (κ1) is 9.21. The molecule has 3 aliphatic heterocycles. The van der Waals surface area contributed by atoms with Gasteiger partial charge in [0.2, 0.25) is 0 Å². The molecule has 0 saturated carbocycles. The van der Waals surface area contributed by atoms with Gasteiger partial charge in [-0.2, -0.15) is 5.10 Å². The summed E-state index contributed by atoms with van der Waals surface area (Å²) < 4.78 is 0. The van der Waals surface area contributed by atoms with Crippen molar-refractivity contribution in [3.63, 3.8) is 0 Å². The van der Waals surface area contributed by atoms with E-state index < -0.39 is 0 Å². The number of nitrogens with zero attached hydrogens (tertiary/aromatic N) is 2. The molecule has 0 aromatic carbocycles. The molecule has 1 atom stereocenters. The van der Waals surface area contributed by atoms with Gasteiger partial charge in [0.15, 0.2) is 0 Å². The third-order valence-corrected chi connectivity index (χ3v) is 3.81. The van der Waals surface area contributed by atoms with Gasteiger partial charge in [-0.25, -0.2) is 0 Å². The second kappa shape index (κ2) is 3.85. The van der Waals surface area contributed by atoms with Crippen LogP contribution in [0, 0.1) is 5.92 Å². The fourth-order valence-electron chi connectivity index (χ4n) is 2.87. The van der Waals surface area contributed by atoms with Crippen LogP contribution < -0.4 is 5.32 Å². The second-order valence-corrected chi connectivity index (χ2v) is 4.71. The van der Waals surface area contributed by atoms with Gasteiger partial charge in [-0.15, -0.1) is 0 Å². The lowest BCUT2D eigenvalue weighted by Crippen LogP contribution is -2.33. The lowest BCUT2D eigenvalue weighted by atomic mass is 9.90. The van der Waals surface area contributed by atoms with E-state index in [1.807, 2.05) is 12.4 Å². The Labute approximate surface area is 90.0 Å². The van der Waals surface area contributed by atoms with Gasteiger partial charge in [-0.05, 0) is 38.3 Å². The Balaban J connectivity index is 1.70. The highest BCUT2D eigenvalue weighted by Crippen LogP contribution is 2.28. The number of nitrogens with one attached hydrogen (secondary N) is 2. The summed E-state index contributed by atoms with van der Waals surface area (Å²) in [6.45, 7) is 3.86. The Kier molecular flexibility index (Phi) is 2.37. The van der Waals surface area contributed by atoms with Gasteiger partial charge < -0.3 is 10.2 Å². The minimum atomic E-state index is 0.648. The molecule has 2 bridgehead atoms. The highest BCUT2D eigenvalue weighted by atomic mass is 15.2. The van der Waals surface area contributed by atoms with Crippen molar-refractivity contribution in [3.05, 3.63) is 12.4 Å². The molecule has 0 spiro atoms. The zero-order valence-corrected chi connectivity index (χ0v) is 8.95. The number of anilines is 1. The SMILES string of the molecule is c1n[nH]cc1NC1CCN2CCC1CC2. The zero-order valence-electron chi connectivity index (χ0n) is 8.95. The van der Waals surface area contributed by atoms with E-state index in [-0.39, 0.29) is 0 Å². The normalized spacial score (nSPS) is 35.1. The molecule has 2 N–H and O–H groups in total. The largest absolute Gasteiger partial charge is 0.379 e. The molecule has 0 aliphatic carbocycles. The minimum Gasteiger partial charge on any atom is -0.379 e. The average molecular weight is 206 g/mol. The Morgan fingerprint density at radius 2 is 2.07 bits per heavy atom. The highest BCUT2D eigenvalue weighted by molar-refractivity contribution is 5.39. The first-order valence-corrected chi connectivity index (χ1v) is 5.89. The molecule has 82 valence electrons. The fraction of sp³-hybridized carbons (Fsp3) is 0.727. The van der Waals surface area contributed by atoms with Crippen LogP contribution in [0.25, 0.3) is 0 Å². The number of hydrogen-bond donors (Lipinski definition) is 2. The first-order chi connectivity index (χ1) is 7.42. The molecule has 1 aromatic heterocycles. The number of rotatable bonds is 2. The van der Waals surface area contributed by atoms with Crippen LogP contribution in [0.4, 0.5) is 5.69 Å². The van der Waals surface area contributed by atoms with Crippen molar-refractivity contribution >= 4 is 5.69 Å². The molecule has 3 aliphatic rings. The fourth-order valence-corrected chi connectivity index (χ4v) is 2.87. The summed E-state index contributed by atoms with van der Waals surface area (Å²) in [5.74, 6) is 0.860. The number of fused-ring (bicyclic) bond motifs is 4. The Bertz CT molecular complexity index is 300. The van der Waals surface area contributed by atoms with Crippen LogP contribution in [-0.4, -0.2) is 40.8 Å². The standard InChI is InChI=1S/C11H18N4/c1-4-15-5-2-9(1)11(3-6-15)14-10-7-12-13-8-10/h7-9,11,14H,1-6H2,(H,12,13). The van der Waals surface area contributed by atoms with Crippen LogP contribution in [0.1, 0.15) is 19.3 Å². The predicted octanol–water partition coefficient (Wildman–Crippen LogP) is 1.31. The van der Waals surface area contributed by atoms with Crippen LogP contribution >= 0.6 is 0 Å². The van der Waals surface area contributed by atoms with Crippen molar-refractivity contribution < 1.29 is 0 Å². The van der Waals surface area contributed by atoms with Crippen molar-refractivity contribution in [2.75, 3.05) is 25.0 Å². The molecule has 3 fully saturated rings. The first-order valence-electron chi connectivity index (χ1n) is 5.89. The Morgan fingerprint density at radius 3 is 2.80 bits per heavy atom. The summed E-state index contributed by atoms with van der Waals surface area (Å²) in [6, 6.07) is 0.648. The zero-order chi connectivity index (χ0) is 10.1. The molecule has 4 rings (SSSR count). The van der Waals surface area contributed by atoms with Gasteiger partial charge in [0.1, 0.15) is 0 Å². The number of piperidine rings is 1. The maximum atomic E-state index is 3.97. The summed E-state index contributed by atoms with van der Waals surface area (Å²) >= 11 is 0. The van der Waals surface area contributed by atoms with Crippen molar-refractivity contribution in [1.82, 2.24) is 15.1 Å². The van der Waals surface area contributed by atoms with E-state index in [1.54, 1.807) is 0 Å². The molecule has 3 saturated heterocycles. The number of hydrogen-bond acceptors (Lipinski definition) is 3. The molecular formula is C11H18N4. The van der Waals surface area contributed by atoms with Crippen LogP contribution in [0.5, 0.6) is 0 Å². The van der Waals surface area contributed by atoms with Crippen LogP contribution in [0.15, 0.2) is 12.4 Å².